The van der Waals surface area contributed by atoms with Gasteiger partial charge in [-0.05, 0) is 49.6 Å². The van der Waals surface area contributed by atoms with Gasteiger partial charge >= 0.3 is 0 Å². The summed E-state index contributed by atoms with van der Waals surface area (Å²) in [5.74, 6) is -0.221. The van der Waals surface area contributed by atoms with Gasteiger partial charge in [0.05, 0.1) is 4.90 Å². The van der Waals surface area contributed by atoms with E-state index in [1.165, 1.54) is 16.4 Å². The molecule has 1 aliphatic rings. The van der Waals surface area contributed by atoms with Crippen LogP contribution in [0.3, 0.4) is 0 Å². The fraction of sp³-hybridized carbons (Fsp3) is 0.500. The monoisotopic (exact) mass is 272 g/mol. The largest absolute Gasteiger partial charge is 0.330 e. The predicted molar refractivity (Wildman–Crippen MR) is 66.9 cm³/mol. The van der Waals surface area contributed by atoms with Crippen LogP contribution < -0.4 is 5.73 Å². The number of benzene rings is 1. The number of hydrogen-bond donors (Lipinski definition) is 1. The van der Waals surface area contributed by atoms with Crippen molar-refractivity contribution in [3.8, 4) is 0 Å². The molecule has 0 spiro atoms. The molecule has 1 atom stereocenters. The van der Waals surface area contributed by atoms with Gasteiger partial charge in [-0.25, -0.2) is 12.8 Å². The molecule has 0 aliphatic carbocycles. The third-order valence-electron chi connectivity index (χ3n) is 3.27. The minimum Gasteiger partial charge on any atom is -0.330 e. The summed E-state index contributed by atoms with van der Waals surface area (Å²) in [7, 11) is -3.51. The van der Waals surface area contributed by atoms with E-state index in [1.54, 1.807) is 0 Å². The summed E-state index contributed by atoms with van der Waals surface area (Å²) in [5, 5.41) is 0. The van der Waals surface area contributed by atoms with Crippen molar-refractivity contribution in [3.05, 3.63) is 30.1 Å². The fourth-order valence-electron chi connectivity index (χ4n) is 2.19. The lowest BCUT2D eigenvalue weighted by Crippen LogP contribution is -2.41. The van der Waals surface area contributed by atoms with E-state index in [0.29, 0.717) is 19.6 Å². The molecule has 2 rings (SSSR count). The van der Waals surface area contributed by atoms with E-state index < -0.39 is 15.8 Å². The minimum absolute atomic E-state index is 0.140. The van der Waals surface area contributed by atoms with Crippen molar-refractivity contribution in [1.29, 1.82) is 0 Å². The van der Waals surface area contributed by atoms with Crippen molar-refractivity contribution in [2.75, 3.05) is 19.6 Å². The molecule has 0 aromatic heterocycles. The Morgan fingerprint density at radius 3 is 2.61 bits per heavy atom. The molecule has 1 fully saturated rings. The Morgan fingerprint density at radius 2 is 2.00 bits per heavy atom. The van der Waals surface area contributed by atoms with Gasteiger partial charge in [0, 0.05) is 13.1 Å². The number of nitrogens with two attached hydrogens (primary N) is 1. The fourth-order valence-corrected chi connectivity index (χ4v) is 3.75. The van der Waals surface area contributed by atoms with E-state index in [2.05, 4.69) is 0 Å². The molecule has 1 saturated heterocycles. The summed E-state index contributed by atoms with van der Waals surface area (Å²) >= 11 is 0. The molecule has 1 aliphatic heterocycles. The highest BCUT2D eigenvalue weighted by Gasteiger charge is 2.29. The molecule has 0 amide bonds. The maximum Gasteiger partial charge on any atom is 0.243 e. The Balaban J connectivity index is 2.22. The van der Waals surface area contributed by atoms with E-state index in [4.69, 9.17) is 5.73 Å². The molecule has 0 saturated carbocycles. The minimum atomic E-state index is -3.51. The summed E-state index contributed by atoms with van der Waals surface area (Å²) in [6.45, 7) is 1.46. The Bertz CT molecular complexity index is 501. The molecular weight excluding hydrogens is 255 g/mol. The van der Waals surface area contributed by atoms with E-state index in [0.717, 1.165) is 25.0 Å². The lowest BCUT2D eigenvalue weighted by molar-refractivity contribution is 0.271. The molecule has 2 N–H and O–H groups in total. The number of hydrogen-bond acceptors (Lipinski definition) is 3. The first kappa shape index (κ1) is 13.5. The van der Waals surface area contributed by atoms with Gasteiger partial charge in [0.2, 0.25) is 10.0 Å². The van der Waals surface area contributed by atoms with E-state index in [-0.39, 0.29) is 10.8 Å². The molecule has 4 nitrogen and oxygen atoms in total. The normalized spacial score (nSPS) is 22.0. The van der Waals surface area contributed by atoms with Crippen LogP contribution in [0.2, 0.25) is 0 Å². The summed E-state index contributed by atoms with van der Waals surface area (Å²) in [6, 6.07) is 4.93. The second-order valence-electron chi connectivity index (χ2n) is 4.56. The third kappa shape index (κ3) is 2.71. The molecular formula is C12H17FN2O2S. The van der Waals surface area contributed by atoms with Crippen LogP contribution in [0.4, 0.5) is 4.39 Å². The maximum absolute atomic E-state index is 12.8. The van der Waals surface area contributed by atoms with Gasteiger partial charge in [-0.15, -0.1) is 0 Å². The Hall–Kier alpha value is -0.980. The van der Waals surface area contributed by atoms with Crippen LogP contribution in [-0.4, -0.2) is 32.4 Å². The smallest absolute Gasteiger partial charge is 0.243 e. The van der Waals surface area contributed by atoms with Crippen LogP contribution in [0.1, 0.15) is 12.8 Å². The quantitative estimate of drug-likeness (QED) is 0.899. The van der Waals surface area contributed by atoms with Crippen LogP contribution in [0, 0.1) is 11.7 Å². The zero-order valence-corrected chi connectivity index (χ0v) is 10.9. The van der Waals surface area contributed by atoms with Gasteiger partial charge in [0.15, 0.2) is 0 Å². The topological polar surface area (TPSA) is 63.4 Å². The SMILES string of the molecule is NC[C@H]1CCCN(S(=O)(=O)c2ccc(F)cc2)C1. The van der Waals surface area contributed by atoms with Crippen molar-refractivity contribution in [1.82, 2.24) is 4.31 Å². The third-order valence-corrected chi connectivity index (χ3v) is 5.15. The first-order valence-electron chi connectivity index (χ1n) is 6.00. The second-order valence-corrected chi connectivity index (χ2v) is 6.50. The number of nitrogens with zero attached hydrogens (tertiary/aromatic N) is 1. The summed E-state index contributed by atoms with van der Waals surface area (Å²) in [6.07, 6.45) is 1.79. The zero-order valence-electron chi connectivity index (χ0n) is 10.0. The molecule has 0 unspecified atom stereocenters. The van der Waals surface area contributed by atoms with Gasteiger partial charge in [0.1, 0.15) is 5.82 Å². The highest BCUT2D eigenvalue weighted by atomic mass is 32.2. The zero-order chi connectivity index (χ0) is 13.2. The highest BCUT2D eigenvalue weighted by Crippen LogP contribution is 2.23. The highest BCUT2D eigenvalue weighted by molar-refractivity contribution is 7.89. The van der Waals surface area contributed by atoms with Crippen LogP contribution in [0.15, 0.2) is 29.2 Å². The number of rotatable bonds is 3. The maximum atomic E-state index is 12.8. The lowest BCUT2D eigenvalue weighted by Gasteiger charge is -2.31. The number of halogens is 1. The molecule has 100 valence electrons. The standard InChI is InChI=1S/C12H17FN2O2S/c13-11-3-5-12(6-4-11)18(16,17)15-7-1-2-10(8-14)9-15/h3-6,10H,1-2,7-9,14H2/t10-/m1/s1. The van der Waals surface area contributed by atoms with Crippen molar-refractivity contribution in [2.45, 2.75) is 17.7 Å². The molecule has 0 bridgehead atoms. The average molecular weight is 272 g/mol. The summed E-state index contributed by atoms with van der Waals surface area (Å²) < 4.78 is 38.9. The summed E-state index contributed by atoms with van der Waals surface area (Å²) in [5.41, 5.74) is 5.60. The van der Waals surface area contributed by atoms with E-state index in [9.17, 15) is 12.8 Å². The molecule has 18 heavy (non-hydrogen) atoms. The van der Waals surface area contributed by atoms with Crippen molar-refractivity contribution in [3.63, 3.8) is 0 Å². The number of sulfonamides is 1. The van der Waals surface area contributed by atoms with Crippen molar-refractivity contribution >= 4 is 10.0 Å². The molecule has 1 heterocycles. The first-order valence-corrected chi connectivity index (χ1v) is 7.44. The first-order chi connectivity index (χ1) is 8.54. The van der Waals surface area contributed by atoms with Crippen LogP contribution >= 0.6 is 0 Å². The average Bonchev–Trinajstić information content (AvgIpc) is 2.39. The Labute approximate surface area is 107 Å². The van der Waals surface area contributed by atoms with E-state index in [1.807, 2.05) is 0 Å². The van der Waals surface area contributed by atoms with Crippen molar-refractivity contribution in [2.24, 2.45) is 11.7 Å². The van der Waals surface area contributed by atoms with Crippen LogP contribution in [0.25, 0.3) is 0 Å². The number of piperidine rings is 1. The second kappa shape index (κ2) is 5.34. The van der Waals surface area contributed by atoms with Gasteiger partial charge < -0.3 is 5.73 Å². The molecule has 6 heteroatoms. The predicted octanol–water partition coefficient (Wildman–Crippen LogP) is 1.19. The Kier molecular flexibility index (Phi) is 3.99. The van der Waals surface area contributed by atoms with Gasteiger partial charge in [-0.3, -0.25) is 0 Å². The van der Waals surface area contributed by atoms with E-state index >= 15 is 0 Å². The molecule has 1 aromatic carbocycles. The Morgan fingerprint density at radius 1 is 1.33 bits per heavy atom. The summed E-state index contributed by atoms with van der Waals surface area (Å²) in [4.78, 5) is 0.140. The van der Waals surface area contributed by atoms with Gasteiger partial charge in [0.25, 0.3) is 0 Å². The lowest BCUT2D eigenvalue weighted by atomic mass is 10.0. The van der Waals surface area contributed by atoms with Crippen LogP contribution in [0.5, 0.6) is 0 Å². The molecule has 1 aromatic rings. The van der Waals surface area contributed by atoms with Crippen LogP contribution in [-0.2, 0) is 10.0 Å². The van der Waals surface area contributed by atoms with Crippen molar-refractivity contribution < 1.29 is 12.8 Å². The molecule has 0 radical (unpaired) electrons. The van der Waals surface area contributed by atoms with Gasteiger partial charge in [-0.1, -0.05) is 0 Å². The van der Waals surface area contributed by atoms with Gasteiger partial charge in [-0.2, -0.15) is 4.31 Å².